The molecule has 0 aromatic heterocycles. The molecule has 0 spiro atoms. The molecular formula is C16H20FNO3. The summed E-state index contributed by atoms with van der Waals surface area (Å²) in [6.45, 7) is 5.55. The summed E-state index contributed by atoms with van der Waals surface area (Å²) in [7, 11) is 0. The van der Waals surface area contributed by atoms with Gasteiger partial charge in [-0.05, 0) is 56.9 Å². The largest absolute Gasteiger partial charge is 0.481 e. The van der Waals surface area contributed by atoms with Crippen molar-refractivity contribution < 1.29 is 19.1 Å². The van der Waals surface area contributed by atoms with Crippen molar-refractivity contribution in [2.45, 2.75) is 39.7 Å². The molecule has 0 aliphatic carbocycles. The monoisotopic (exact) mass is 293 g/mol. The number of halogens is 1. The van der Waals surface area contributed by atoms with Crippen LogP contribution in [-0.2, 0) is 4.79 Å². The van der Waals surface area contributed by atoms with Crippen molar-refractivity contribution in [1.82, 2.24) is 4.90 Å². The van der Waals surface area contributed by atoms with E-state index in [1.165, 1.54) is 12.1 Å². The van der Waals surface area contributed by atoms with Crippen molar-refractivity contribution in [3.63, 3.8) is 0 Å². The molecule has 114 valence electrons. The third-order valence-corrected chi connectivity index (χ3v) is 4.25. The minimum atomic E-state index is -0.869. The third kappa shape index (κ3) is 2.91. The van der Waals surface area contributed by atoms with Crippen LogP contribution in [0.3, 0.4) is 0 Å². The summed E-state index contributed by atoms with van der Waals surface area (Å²) in [5.41, 5.74) is 1.28. The second kappa shape index (κ2) is 5.84. The van der Waals surface area contributed by atoms with Crippen molar-refractivity contribution in [3.05, 3.63) is 34.6 Å². The van der Waals surface area contributed by atoms with Gasteiger partial charge in [-0.2, -0.15) is 0 Å². The van der Waals surface area contributed by atoms with Gasteiger partial charge in [0.25, 0.3) is 5.91 Å². The smallest absolute Gasteiger partial charge is 0.308 e. The van der Waals surface area contributed by atoms with Gasteiger partial charge in [0.2, 0.25) is 0 Å². The van der Waals surface area contributed by atoms with Gasteiger partial charge in [-0.25, -0.2) is 4.39 Å². The number of carboxylic acid groups (broad SMARTS) is 1. The molecule has 1 saturated heterocycles. The molecule has 21 heavy (non-hydrogen) atoms. The maximum Gasteiger partial charge on any atom is 0.308 e. The molecule has 2 atom stereocenters. The van der Waals surface area contributed by atoms with Gasteiger partial charge in [0.05, 0.1) is 5.92 Å². The Balaban J connectivity index is 2.29. The van der Waals surface area contributed by atoms with Gasteiger partial charge in [-0.3, -0.25) is 9.59 Å². The number of aliphatic carboxylic acids is 1. The van der Waals surface area contributed by atoms with E-state index in [2.05, 4.69) is 0 Å². The SMILES string of the molecule is Cc1cc(C(=O)N2CCC[C@@H](C(=O)O)[C@H]2C)cc(C)c1F. The van der Waals surface area contributed by atoms with Crippen LogP contribution in [-0.4, -0.2) is 34.5 Å². The van der Waals surface area contributed by atoms with E-state index >= 15 is 0 Å². The first-order valence-electron chi connectivity index (χ1n) is 7.13. The molecule has 4 nitrogen and oxygen atoms in total. The second-order valence-corrected chi connectivity index (χ2v) is 5.75. The highest BCUT2D eigenvalue weighted by atomic mass is 19.1. The van der Waals surface area contributed by atoms with Crippen molar-refractivity contribution in [2.24, 2.45) is 5.92 Å². The number of carbonyl (C=O) groups is 2. The highest BCUT2D eigenvalue weighted by Gasteiger charge is 2.35. The summed E-state index contributed by atoms with van der Waals surface area (Å²) in [5.74, 6) is -1.93. The number of rotatable bonds is 2. The average Bonchev–Trinajstić information content (AvgIpc) is 2.43. The van der Waals surface area contributed by atoms with Crippen LogP contribution in [0.15, 0.2) is 12.1 Å². The van der Waals surface area contributed by atoms with Crippen LogP contribution in [0.4, 0.5) is 4.39 Å². The zero-order valence-electron chi connectivity index (χ0n) is 12.5. The fourth-order valence-electron chi connectivity index (χ4n) is 3.00. The normalized spacial score (nSPS) is 22.2. The lowest BCUT2D eigenvalue weighted by Gasteiger charge is -2.37. The molecule has 0 bridgehead atoms. The Kier molecular flexibility index (Phi) is 4.30. The van der Waals surface area contributed by atoms with Crippen molar-refractivity contribution >= 4 is 11.9 Å². The molecule has 1 aliphatic rings. The molecule has 2 rings (SSSR count). The van der Waals surface area contributed by atoms with Crippen LogP contribution in [0.2, 0.25) is 0 Å². The van der Waals surface area contributed by atoms with Crippen LogP contribution in [0.5, 0.6) is 0 Å². The number of piperidine rings is 1. The van der Waals surface area contributed by atoms with Gasteiger partial charge >= 0.3 is 5.97 Å². The highest BCUT2D eigenvalue weighted by Crippen LogP contribution is 2.26. The fraction of sp³-hybridized carbons (Fsp3) is 0.500. The van der Waals surface area contributed by atoms with Crippen molar-refractivity contribution in [3.8, 4) is 0 Å². The molecule has 1 aliphatic heterocycles. The van der Waals surface area contributed by atoms with E-state index in [1.807, 2.05) is 0 Å². The molecule has 1 amide bonds. The quantitative estimate of drug-likeness (QED) is 0.912. The number of benzene rings is 1. The van der Waals surface area contributed by atoms with E-state index in [4.69, 9.17) is 0 Å². The Labute approximate surface area is 123 Å². The lowest BCUT2D eigenvalue weighted by molar-refractivity contribution is -0.144. The molecular weight excluding hydrogens is 273 g/mol. The first-order chi connectivity index (χ1) is 9.82. The lowest BCUT2D eigenvalue weighted by Crippen LogP contribution is -2.49. The molecule has 0 unspecified atom stereocenters. The fourth-order valence-corrected chi connectivity index (χ4v) is 3.00. The average molecular weight is 293 g/mol. The molecule has 0 radical (unpaired) electrons. The molecule has 0 saturated carbocycles. The van der Waals surface area contributed by atoms with Gasteiger partial charge in [0, 0.05) is 18.2 Å². The topological polar surface area (TPSA) is 57.6 Å². The minimum Gasteiger partial charge on any atom is -0.481 e. The predicted molar refractivity (Wildman–Crippen MR) is 76.7 cm³/mol. The maximum absolute atomic E-state index is 13.7. The summed E-state index contributed by atoms with van der Waals surface area (Å²) >= 11 is 0. The minimum absolute atomic E-state index is 0.223. The number of aryl methyl sites for hydroxylation is 2. The molecule has 1 aromatic carbocycles. The number of nitrogens with zero attached hydrogens (tertiary/aromatic N) is 1. The van der Waals surface area contributed by atoms with Crippen LogP contribution in [0.25, 0.3) is 0 Å². The van der Waals surface area contributed by atoms with E-state index < -0.39 is 11.9 Å². The standard InChI is InChI=1S/C16H20FNO3/c1-9-7-12(8-10(2)14(9)17)15(19)18-6-4-5-13(11(18)3)16(20)21/h7-8,11,13H,4-6H2,1-3H3,(H,20,21)/t11-,13-/m1/s1. The summed E-state index contributed by atoms with van der Waals surface area (Å²) < 4.78 is 13.7. The molecule has 5 heteroatoms. The summed E-state index contributed by atoms with van der Waals surface area (Å²) in [6, 6.07) is 2.71. The number of carbonyl (C=O) groups excluding carboxylic acids is 1. The van der Waals surface area contributed by atoms with Gasteiger partial charge in [0.15, 0.2) is 0 Å². The molecule has 1 N–H and O–H groups in total. The Bertz CT molecular complexity index is 562. The van der Waals surface area contributed by atoms with E-state index in [0.29, 0.717) is 36.1 Å². The molecule has 1 aromatic rings. The van der Waals surface area contributed by atoms with Gasteiger partial charge < -0.3 is 10.0 Å². The Morgan fingerprint density at radius 1 is 1.29 bits per heavy atom. The first kappa shape index (κ1) is 15.5. The van der Waals surface area contributed by atoms with E-state index in [0.717, 1.165) is 0 Å². The summed E-state index contributed by atoms with van der Waals surface area (Å²) in [5, 5.41) is 9.22. The van der Waals surface area contributed by atoms with Gasteiger partial charge in [0.1, 0.15) is 5.82 Å². The van der Waals surface area contributed by atoms with Crippen LogP contribution in [0, 0.1) is 25.6 Å². The maximum atomic E-state index is 13.7. The van der Waals surface area contributed by atoms with Gasteiger partial charge in [-0.1, -0.05) is 0 Å². The first-order valence-corrected chi connectivity index (χ1v) is 7.13. The zero-order chi connectivity index (χ0) is 15.7. The Morgan fingerprint density at radius 3 is 2.38 bits per heavy atom. The van der Waals surface area contributed by atoms with E-state index in [1.54, 1.807) is 25.7 Å². The van der Waals surface area contributed by atoms with Crippen LogP contribution < -0.4 is 0 Å². The number of likely N-dealkylation sites (tertiary alicyclic amines) is 1. The Morgan fingerprint density at radius 2 is 1.86 bits per heavy atom. The third-order valence-electron chi connectivity index (χ3n) is 4.25. The van der Waals surface area contributed by atoms with E-state index in [-0.39, 0.29) is 17.8 Å². The van der Waals surface area contributed by atoms with Crippen molar-refractivity contribution in [2.75, 3.05) is 6.54 Å². The lowest BCUT2D eigenvalue weighted by atomic mass is 9.89. The zero-order valence-corrected chi connectivity index (χ0v) is 12.5. The van der Waals surface area contributed by atoms with Gasteiger partial charge in [-0.15, -0.1) is 0 Å². The molecule has 1 fully saturated rings. The Hall–Kier alpha value is -1.91. The molecule has 1 heterocycles. The predicted octanol–water partition coefficient (Wildman–Crippen LogP) is 2.77. The van der Waals surface area contributed by atoms with Crippen LogP contribution >= 0.6 is 0 Å². The summed E-state index contributed by atoms with van der Waals surface area (Å²) in [4.78, 5) is 25.4. The summed E-state index contributed by atoms with van der Waals surface area (Å²) in [6.07, 6.45) is 1.26. The van der Waals surface area contributed by atoms with Crippen molar-refractivity contribution in [1.29, 1.82) is 0 Å². The number of carboxylic acids is 1. The number of hydrogen-bond donors (Lipinski definition) is 1. The van der Waals surface area contributed by atoms with Crippen LogP contribution in [0.1, 0.15) is 41.3 Å². The van der Waals surface area contributed by atoms with E-state index in [9.17, 15) is 19.1 Å². The highest BCUT2D eigenvalue weighted by molar-refractivity contribution is 5.95. The number of hydrogen-bond acceptors (Lipinski definition) is 2. The number of amides is 1. The second-order valence-electron chi connectivity index (χ2n) is 5.75.